The second-order valence-electron chi connectivity index (χ2n) is 4.03. The highest BCUT2D eigenvalue weighted by Gasteiger charge is 2.08. The molecule has 0 aliphatic heterocycles. The van der Waals surface area contributed by atoms with Gasteiger partial charge in [0.15, 0.2) is 5.58 Å². The monoisotopic (exact) mass is 302 g/mol. The Morgan fingerprint density at radius 2 is 1.89 bits per heavy atom. The van der Waals surface area contributed by atoms with Crippen LogP contribution in [0.5, 0.6) is 0 Å². The highest BCUT2D eigenvalue weighted by Crippen LogP contribution is 2.26. The van der Waals surface area contributed by atoms with Crippen LogP contribution in [0.15, 0.2) is 51.4 Å². The van der Waals surface area contributed by atoms with Crippen LogP contribution in [0.4, 0.5) is 0 Å². The van der Waals surface area contributed by atoms with Gasteiger partial charge in [0.1, 0.15) is 5.52 Å². The first-order valence-electron chi connectivity index (χ1n) is 5.62. The summed E-state index contributed by atoms with van der Waals surface area (Å²) in [7, 11) is 0. The third kappa shape index (κ3) is 2.05. The minimum Gasteiger partial charge on any atom is -0.436 e. The number of aromatic nitrogens is 1. The number of nitrogens with two attached hydrogens (primary N) is 1. The molecule has 0 saturated heterocycles. The molecule has 0 aliphatic rings. The fraction of sp³-hybridized carbons (Fsp3) is 0.0714. The van der Waals surface area contributed by atoms with Gasteiger partial charge in [0, 0.05) is 16.6 Å². The molecule has 3 nitrogen and oxygen atoms in total. The average molecular weight is 303 g/mol. The van der Waals surface area contributed by atoms with Gasteiger partial charge < -0.3 is 10.2 Å². The topological polar surface area (TPSA) is 52.0 Å². The molecule has 90 valence electrons. The molecule has 0 radical (unpaired) electrons. The largest absolute Gasteiger partial charge is 0.436 e. The summed E-state index contributed by atoms with van der Waals surface area (Å²) in [5.74, 6) is 0.631. The fourth-order valence-corrected chi connectivity index (χ4v) is 2.15. The van der Waals surface area contributed by atoms with Crippen LogP contribution in [0.3, 0.4) is 0 Å². The lowest BCUT2D eigenvalue weighted by Gasteiger charge is -1.97. The molecule has 3 aromatic rings. The van der Waals surface area contributed by atoms with E-state index in [4.69, 9.17) is 10.2 Å². The van der Waals surface area contributed by atoms with E-state index >= 15 is 0 Å². The Bertz CT molecular complexity index is 689. The molecule has 0 saturated carbocycles. The molecule has 1 aromatic heterocycles. The zero-order valence-corrected chi connectivity index (χ0v) is 11.1. The van der Waals surface area contributed by atoms with Crippen LogP contribution in [0.25, 0.3) is 22.6 Å². The normalized spacial score (nSPS) is 11.0. The van der Waals surface area contributed by atoms with Gasteiger partial charge in [-0.3, -0.25) is 0 Å². The van der Waals surface area contributed by atoms with Crippen molar-refractivity contribution in [2.45, 2.75) is 6.54 Å². The van der Waals surface area contributed by atoms with Crippen molar-refractivity contribution in [1.29, 1.82) is 0 Å². The predicted octanol–water partition coefficient (Wildman–Crippen LogP) is 3.72. The van der Waals surface area contributed by atoms with Crippen molar-refractivity contribution in [3.63, 3.8) is 0 Å². The van der Waals surface area contributed by atoms with Crippen molar-refractivity contribution in [1.82, 2.24) is 4.98 Å². The van der Waals surface area contributed by atoms with Crippen molar-refractivity contribution in [3.8, 4) is 11.5 Å². The summed E-state index contributed by atoms with van der Waals surface area (Å²) >= 11 is 3.42. The summed E-state index contributed by atoms with van der Waals surface area (Å²) in [6.45, 7) is 0.542. The Kier molecular flexibility index (Phi) is 2.89. The molecular formula is C14H11BrN2O. The maximum Gasteiger partial charge on any atom is 0.227 e. The second kappa shape index (κ2) is 4.55. The first-order valence-corrected chi connectivity index (χ1v) is 6.41. The molecule has 0 spiro atoms. The summed E-state index contributed by atoms with van der Waals surface area (Å²) < 4.78 is 6.72. The Morgan fingerprint density at radius 3 is 2.61 bits per heavy atom. The molecule has 0 atom stereocenters. The van der Waals surface area contributed by atoms with Crippen LogP contribution in [0, 0.1) is 0 Å². The van der Waals surface area contributed by atoms with Crippen LogP contribution in [0.1, 0.15) is 5.56 Å². The summed E-state index contributed by atoms with van der Waals surface area (Å²) in [4.78, 5) is 4.46. The number of hydrogen-bond donors (Lipinski definition) is 1. The number of halogens is 1. The molecule has 1 heterocycles. The van der Waals surface area contributed by atoms with Gasteiger partial charge in [0.25, 0.3) is 0 Å². The van der Waals surface area contributed by atoms with Crippen molar-refractivity contribution < 1.29 is 4.42 Å². The lowest BCUT2D eigenvalue weighted by atomic mass is 10.1. The maximum atomic E-state index is 5.74. The van der Waals surface area contributed by atoms with E-state index in [1.165, 1.54) is 0 Å². The average Bonchev–Trinajstić information content (AvgIpc) is 2.81. The van der Waals surface area contributed by atoms with Gasteiger partial charge in [-0.25, -0.2) is 4.98 Å². The number of fused-ring (bicyclic) bond motifs is 1. The van der Waals surface area contributed by atoms with E-state index in [1.54, 1.807) is 0 Å². The molecule has 2 aromatic carbocycles. The van der Waals surface area contributed by atoms with Crippen molar-refractivity contribution in [2.24, 2.45) is 5.73 Å². The molecular weight excluding hydrogens is 292 g/mol. The SMILES string of the molecule is NCc1ccc(-c2nc3ccc(Br)cc3o2)cc1. The molecule has 0 fully saturated rings. The summed E-state index contributed by atoms with van der Waals surface area (Å²) in [5.41, 5.74) is 9.26. The quantitative estimate of drug-likeness (QED) is 0.785. The van der Waals surface area contributed by atoms with E-state index in [9.17, 15) is 0 Å². The van der Waals surface area contributed by atoms with Crippen LogP contribution in [-0.2, 0) is 6.54 Å². The number of nitrogens with zero attached hydrogens (tertiary/aromatic N) is 1. The van der Waals surface area contributed by atoms with E-state index in [1.807, 2.05) is 42.5 Å². The van der Waals surface area contributed by atoms with Crippen LogP contribution < -0.4 is 5.73 Å². The predicted molar refractivity (Wildman–Crippen MR) is 75.0 cm³/mol. The van der Waals surface area contributed by atoms with Crippen molar-refractivity contribution in [3.05, 3.63) is 52.5 Å². The Labute approximate surface area is 113 Å². The Hall–Kier alpha value is -1.65. The number of hydrogen-bond acceptors (Lipinski definition) is 3. The lowest BCUT2D eigenvalue weighted by molar-refractivity contribution is 0.619. The molecule has 3 rings (SSSR count). The molecule has 4 heteroatoms. The van der Waals surface area contributed by atoms with E-state index < -0.39 is 0 Å². The van der Waals surface area contributed by atoms with Crippen molar-refractivity contribution in [2.75, 3.05) is 0 Å². The van der Waals surface area contributed by atoms with E-state index in [0.717, 1.165) is 26.7 Å². The van der Waals surface area contributed by atoms with Gasteiger partial charge in [0.2, 0.25) is 5.89 Å². The first-order chi connectivity index (χ1) is 8.76. The minimum absolute atomic E-state index is 0.542. The van der Waals surface area contributed by atoms with Crippen molar-refractivity contribution >= 4 is 27.0 Å². The first kappa shape index (κ1) is 11.4. The summed E-state index contributed by atoms with van der Waals surface area (Å²) in [6.07, 6.45) is 0. The molecule has 0 aliphatic carbocycles. The number of oxazole rings is 1. The third-order valence-electron chi connectivity index (χ3n) is 2.79. The maximum absolute atomic E-state index is 5.74. The minimum atomic E-state index is 0.542. The third-order valence-corrected chi connectivity index (χ3v) is 3.28. The summed E-state index contributed by atoms with van der Waals surface area (Å²) in [6, 6.07) is 13.7. The van der Waals surface area contributed by atoms with E-state index in [2.05, 4.69) is 20.9 Å². The van der Waals surface area contributed by atoms with E-state index in [0.29, 0.717) is 12.4 Å². The van der Waals surface area contributed by atoms with Crippen LogP contribution in [-0.4, -0.2) is 4.98 Å². The molecule has 0 unspecified atom stereocenters. The number of rotatable bonds is 2. The van der Waals surface area contributed by atoms with E-state index in [-0.39, 0.29) is 0 Å². The molecule has 18 heavy (non-hydrogen) atoms. The van der Waals surface area contributed by atoms with Gasteiger partial charge in [-0.2, -0.15) is 0 Å². The molecule has 2 N–H and O–H groups in total. The second-order valence-corrected chi connectivity index (χ2v) is 4.95. The Morgan fingerprint density at radius 1 is 1.11 bits per heavy atom. The zero-order valence-electron chi connectivity index (χ0n) is 9.56. The Balaban J connectivity index is 2.07. The van der Waals surface area contributed by atoms with Gasteiger partial charge >= 0.3 is 0 Å². The van der Waals surface area contributed by atoms with Gasteiger partial charge in [0.05, 0.1) is 0 Å². The van der Waals surface area contributed by atoms with Crippen LogP contribution >= 0.6 is 15.9 Å². The highest BCUT2D eigenvalue weighted by atomic mass is 79.9. The highest BCUT2D eigenvalue weighted by molar-refractivity contribution is 9.10. The lowest BCUT2D eigenvalue weighted by Crippen LogP contribution is -1.95. The molecule has 0 bridgehead atoms. The van der Waals surface area contributed by atoms with Gasteiger partial charge in [-0.05, 0) is 35.9 Å². The zero-order chi connectivity index (χ0) is 12.5. The smallest absolute Gasteiger partial charge is 0.227 e. The molecule has 0 amide bonds. The van der Waals surface area contributed by atoms with Gasteiger partial charge in [-0.1, -0.05) is 28.1 Å². The summed E-state index contributed by atoms with van der Waals surface area (Å²) in [5, 5.41) is 0. The standard InChI is InChI=1S/C14H11BrN2O/c15-11-5-6-12-13(7-11)18-14(17-12)10-3-1-9(8-16)2-4-10/h1-7H,8,16H2. The van der Waals surface area contributed by atoms with Gasteiger partial charge in [-0.15, -0.1) is 0 Å². The van der Waals surface area contributed by atoms with Crippen LogP contribution in [0.2, 0.25) is 0 Å². The number of benzene rings is 2. The fourth-order valence-electron chi connectivity index (χ4n) is 1.81.